The molecule has 90 valence electrons. The summed E-state index contributed by atoms with van der Waals surface area (Å²) in [7, 11) is 0. The van der Waals surface area contributed by atoms with Crippen molar-refractivity contribution in [2.75, 3.05) is 5.32 Å². The lowest BCUT2D eigenvalue weighted by Gasteiger charge is -2.10. The predicted molar refractivity (Wildman–Crippen MR) is 70.3 cm³/mol. The van der Waals surface area contributed by atoms with Crippen LogP contribution in [0.5, 0.6) is 0 Å². The topological polar surface area (TPSA) is 35.8 Å². The molecule has 0 saturated heterocycles. The zero-order valence-electron chi connectivity index (χ0n) is 10.3. The molecule has 0 aliphatic heterocycles. The quantitative estimate of drug-likeness (QED) is 0.859. The highest BCUT2D eigenvalue weighted by molar-refractivity contribution is 5.67. The Morgan fingerprint density at radius 2 is 1.89 bits per heavy atom. The van der Waals surface area contributed by atoms with Gasteiger partial charge in [-0.2, -0.15) is 5.26 Å². The van der Waals surface area contributed by atoms with Crippen molar-refractivity contribution in [1.29, 1.82) is 5.26 Å². The van der Waals surface area contributed by atoms with Crippen LogP contribution in [0.3, 0.4) is 0 Å². The fourth-order valence-corrected chi connectivity index (χ4v) is 1.75. The molecule has 0 aliphatic rings. The van der Waals surface area contributed by atoms with Gasteiger partial charge in [0, 0.05) is 0 Å². The second-order valence-electron chi connectivity index (χ2n) is 4.22. The molecule has 0 aliphatic carbocycles. The summed E-state index contributed by atoms with van der Waals surface area (Å²) in [5.41, 5.74) is 3.09. The Bertz CT molecular complexity index is 627. The first kappa shape index (κ1) is 12.1. The maximum Gasteiger partial charge on any atom is 0.149 e. The van der Waals surface area contributed by atoms with Gasteiger partial charge in [-0.3, -0.25) is 0 Å². The molecule has 0 radical (unpaired) electrons. The van der Waals surface area contributed by atoms with Crippen LogP contribution in [-0.4, -0.2) is 0 Å². The molecule has 3 heteroatoms. The van der Waals surface area contributed by atoms with Crippen molar-refractivity contribution >= 4 is 11.4 Å². The number of benzene rings is 2. The summed E-state index contributed by atoms with van der Waals surface area (Å²) in [6.45, 7) is 3.62. The molecule has 2 aromatic rings. The van der Waals surface area contributed by atoms with Gasteiger partial charge in [0.05, 0.1) is 16.9 Å². The van der Waals surface area contributed by atoms with Crippen LogP contribution in [0, 0.1) is 31.0 Å². The Labute approximate surface area is 106 Å². The Morgan fingerprint density at radius 1 is 1.11 bits per heavy atom. The van der Waals surface area contributed by atoms with E-state index in [2.05, 4.69) is 11.4 Å². The lowest BCUT2D eigenvalue weighted by molar-refractivity contribution is 0.622. The Hall–Kier alpha value is -2.34. The summed E-state index contributed by atoms with van der Waals surface area (Å²) in [4.78, 5) is 0. The molecule has 0 heterocycles. The molecule has 1 N–H and O–H groups in total. The van der Waals surface area contributed by atoms with Gasteiger partial charge in [0.15, 0.2) is 0 Å². The summed E-state index contributed by atoms with van der Waals surface area (Å²) < 4.78 is 13.9. The number of aryl methyl sites for hydroxylation is 2. The summed E-state index contributed by atoms with van der Waals surface area (Å²) in [6.07, 6.45) is 0. The van der Waals surface area contributed by atoms with Crippen molar-refractivity contribution < 1.29 is 4.39 Å². The second kappa shape index (κ2) is 4.89. The van der Waals surface area contributed by atoms with Crippen LogP contribution >= 0.6 is 0 Å². The van der Waals surface area contributed by atoms with Crippen molar-refractivity contribution in [3.63, 3.8) is 0 Å². The van der Waals surface area contributed by atoms with E-state index in [-0.39, 0.29) is 5.82 Å². The van der Waals surface area contributed by atoms with Crippen molar-refractivity contribution in [1.82, 2.24) is 0 Å². The van der Waals surface area contributed by atoms with Gasteiger partial charge in [-0.1, -0.05) is 18.2 Å². The molecule has 0 bridgehead atoms. The maximum atomic E-state index is 13.9. The lowest BCUT2D eigenvalue weighted by atomic mass is 10.1. The lowest BCUT2D eigenvalue weighted by Crippen LogP contribution is -1.98. The van der Waals surface area contributed by atoms with Gasteiger partial charge >= 0.3 is 0 Å². The highest BCUT2D eigenvalue weighted by atomic mass is 19.1. The Kier molecular flexibility index (Phi) is 3.29. The summed E-state index contributed by atoms with van der Waals surface area (Å²) >= 11 is 0. The van der Waals surface area contributed by atoms with Gasteiger partial charge < -0.3 is 5.32 Å². The molecule has 2 rings (SSSR count). The van der Waals surface area contributed by atoms with E-state index >= 15 is 0 Å². The first-order valence-corrected chi connectivity index (χ1v) is 5.64. The summed E-state index contributed by atoms with van der Waals surface area (Å²) in [5, 5.41) is 12.0. The molecule has 0 saturated carbocycles. The Balaban J connectivity index is 2.41. The molecule has 0 unspecified atom stereocenters. The van der Waals surface area contributed by atoms with Crippen LogP contribution in [0.1, 0.15) is 16.7 Å². The molecule has 2 nitrogen and oxygen atoms in total. The number of anilines is 2. The minimum Gasteiger partial charge on any atom is -0.352 e. The SMILES string of the molecule is Cc1ccc(Nc2cccc(C)c2F)c(C#N)c1. The predicted octanol–water partition coefficient (Wildman–Crippen LogP) is 4.06. The summed E-state index contributed by atoms with van der Waals surface area (Å²) in [6, 6.07) is 12.7. The van der Waals surface area contributed by atoms with Crippen molar-refractivity contribution in [2.24, 2.45) is 0 Å². The van der Waals surface area contributed by atoms with Crippen LogP contribution in [0.25, 0.3) is 0 Å². The van der Waals surface area contributed by atoms with Crippen LogP contribution in [-0.2, 0) is 0 Å². The van der Waals surface area contributed by atoms with Crippen LogP contribution < -0.4 is 5.32 Å². The number of halogens is 1. The number of nitrogens with one attached hydrogen (secondary N) is 1. The number of hydrogen-bond acceptors (Lipinski definition) is 2. The molecule has 2 aromatic carbocycles. The van der Waals surface area contributed by atoms with Crippen LogP contribution in [0.15, 0.2) is 36.4 Å². The van der Waals surface area contributed by atoms with E-state index in [0.717, 1.165) is 5.56 Å². The van der Waals surface area contributed by atoms with Gasteiger partial charge in [0.25, 0.3) is 0 Å². The van der Waals surface area contributed by atoms with Gasteiger partial charge in [0.1, 0.15) is 11.9 Å². The minimum atomic E-state index is -0.290. The fraction of sp³-hybridized carbons (Fsp3) is 0.133. The van der Waals surface area contributed by atoms with E-state index in [9.17, 15) is 4.39 Å². The normalized spacial score (nSPS) is 9.89. The summed E-state index contributed by atoms with van der Waals surface area (Å²) in [5.74, 6) is -0.290. The van der Waals surface area contributed by atoms with Gasteiger partial charge in [-0.05, 0) is 43.2 Å². The number of rotatable bonds is 2. The second-order valence-corrected chi connectivity index (χ2v) is 4.22. The van der Waals surface area contributed by atoms with E-state index in [1.54, 1.807) is 37.3 Å². The zero-order valence-corrected chi connectivity index (χ0v) is 10.3. The third-order valence-corrected chi connectivity index (χ3v) is 2.76. The van der Waals surface area contributed by atoms with Crippen molar-refractivity contribution in [3.05, 3.63) is 58.9 Å². The van der Waals surface area contributed by atoms with Crippen LogP contribution in [0.4, 0.5) is 15.8 Å². The largest absolute Gasteiger partial charge is 0.352 e. The first-order valence-electron chi connectivity index (χ1n) is 5.64. The standard InChI is InChI=1S/C15H13FN2/c1-10-6-7-13(12(8-10)9-17)18-14-5-3-4-11(2)15(14)16/h3-8,18H,1-2H3. The minimum absolute atomic E-state index is 0.290. The first-order chi connectivity index (χ1) is 8.61. The van der Waals surface area contributed by atoms with E-state index in [4.69, 9.17) is 5.26 Å². The zero-order chi connectivity index (χ0) is 13.1. The third-order valence-electron chi connectivity index (χ3n) is 2.76. The van der Waals surface area contributed by atoms with Crippen molar-refractivity contribution in [2.45, 2.75) is 13.8 Å². The average molecular weight is 240 g/mol. The van der Waals surface area contributed by atoms with E-state index in [1.807, 2.05) is 13.0 Å². The van der Waals surface area contributed by atoms with E-state index in [1.165, 1.54) is 0 Å². The average Bonchev–Trinajstić information content (AvgIpc) is 2.37. The van der Waals surface area contributed by atoms with Gasteiger partial charge in [-0.25, -0.2) is 4.39 Å². The molecule has 18 heavy (non-hydrogen) atoms. The Morgan fingerprint density at radius 3 is 2.61 bits per heavy atom. The number of nitriles is 1. The molecule has 0 amide bonds. The van der Waals surface area contributed by atoms with E-state index in [0.29, 0.717) is 22.5 Å². The fourth-order valence-electron chi connectivity index (χ4n) is 1.75. The van der Waals surface area contributed by atoms with Gasteiger partial charge in [-0.15, -0.1) is 0 Å². The van der Waals surface area contributed by atoms with Crippen LogP contribution in [0.2, 0.25) is 0 Å². The van der Waals surface area contributed by atoms with Crippen molar-refractivity contribution in [3.8, 4) is 6.07 Å². The third kappa shape index (κ3) is 2.33. The number of hydrogen-bond donors (Lipinski definition) is 1. The van der Waals surface area contributed by atoms with Gasteiger partial charge in [0.2, 0.25) is 0 Å². The molecular formula is C15H13FN2. The molecule has 0 aromatic heterocycles. The molecule has 0 atom stereocenters. The molecule has 0 spiro atoms. The maximum absolute atomic E-state index is 13.9. The highest BCUT2D eigenvalue weighted by Crippen LogP contribution is 2.24. The number of nitrogens with zero attached hydrogens (tertiary/aromatic N) is 1. The highest BCUT2D eigenvalue weighted by Gasteiger charge is 2.07. The molecule has 0 fully saturated rings. The molecular weight excluding hydrogens is 227 g/mol. The van der Waals surface area contributed by atoms with E-state index < -0.39 is 0 Å². The monoisotopic (exact) mass is 240 g/mol. The smallest absolute Gasteiger partial charge is 0.149 e.